The highest BCUT2D eigenvalue weighted by atomic mass is 35.5. The Labute approximate surface area is 133 Å². The highest BCUT2D eigenvalue weighted by molar-refractivity contribution is 5.85. The number of hydrogen-bond acceptors (Lipinski definition) is 4. The van der Waals surface area contributed by atoms with Gasteiger partial charge in [0.2, 0.25) is 5.91 Å². The van der Waals surface area contributed by atoms with Gasteiger partial charge in [-0.2, -0.15) is 0 Å². The molecule has 0 aromatic heterocycles. The molecule has 0 radical (unpaired) electrons. The topological polar surface area (TPSA) is 67.4 Å². The first kappa shape index (κ1) is 18.2. The third kappa shape index (κ3) is 4.85. The van der Waals surface area contributed by atoms with Crippen LogP contribution in [-0.4, -0.2) is 37.6 Å². The van der Waals surface area contributed by atoms with Crippen molar-refractivity contribution in [2.75, 3.05) is 19.7 Å². The largest absolute Gasteiger partial charge is 0.466 e. The average Bonchev–Trinajstić information content (AvgIpc) is 2.37. The lowest BCUT2D eigenvalue weighted by atomic mass is 9.84. The second kappa shape index (κ2) is 8.59. The average molecular weight is 319 g/mol. The molecule has 0 bridgehead atoms. The summed E-state index contributed by atoms with van der Waals surface area (Å²) in [6.07, 6.45) is 3.40. The van der Waals surface area contributed by atoms with Crippen molar-refractivity contribution in [2.24, 2.45) is 17.8 Å². The Kier molecular flexibility index (Phi) is 7.46. The van der Waals surface area contributed by atoms with Crippen LogP contribution in [0, 0.1) is 17.8 Å². The molecule has 0 aromatic carbocycles. The first-order valence-corrected chi connectivity index (χ1v) is 7.79. The van der Waals surface area contributed by atoms with Gasteiger partial charge in [0.05, 0.1) is 12.5 Å². The fourth-order valence-electron chi connectivity index (χ4n) is 2.94. The summed E-state index contributed by atoms with van der Waals surface area (Å²) in [4.78, 5) is 23.8. The van der Waals surface area contributed by atoms with Crippen molar-refractivity contribution < 1.29 is 14.3 Å². The van der Waals surface area contributed by atoms with E-state index in [2.05, 4.69) is 10.6 Å². The summed E-state index contributed by atoms with van der Waals surface area (Å²) in [6.45, 7) is 6.18. The van der Waals surface area contributed by atoms with Crippen molar-refractivity contribution in [2.45, 2.75) is 45.6 Å². The zero-order valence-electron chi connectivity index (χ0n) is 12.9. The number of hydrogen-bond donors (Lipinski definition) is 2. The maximum Gasteiger partial charge on any atom is 0.308 e. The van der Waals surface area contributed by atoms with Gasteiger partial charge in [-0.1, -0.05) is 6.92 Å². The van der Waals surface area contributed by atoms with E-state index in [1.54, 1.807) is 0 Å². The molecule has 1 saturated carbocycles. The second-order valence-electron chi connectivity index (χ2n) is 6.02. The minimum absolute atomic E-state index is 0. The molecule has 1 aliphatic heterocycles. The molecule has 1 atom stereocenters. The lowest BCUT2D eigenvalue weighted by molar-refractivity contribution is -0.149. The number of carbonyl (C=O) groups excluding carboxylic acids is 2. The molecule has 1 aliphatic carbocycles. The van der Waals surface area contributed by atoms with E-state index >= 15 is 0 Å². The summed E-state index contributed by atoms with van der Waals surface area (Å²) in [6, 6.07) is 0.226. The fourth-order valence-corrected chi connectivity index (χ4v) is 2.94. The van der Waals surface area contributed by atoms with Gasteiger partial charge in [0.1, 0.15) is 0 Å². The molecule has 1 heterocycles. The van der Waals surface area contributed by atoms with E-state index < -0.39 is 0 Å². The Bertz CT molecular complexity index is 353. The fraction of sp³-hybridized carbons (Fsp3) is 0.867. The van der Waals surface area contributed by atoms with Crippen molar-refractivity contribution in [3.63, 3.8) is 0 Å². The summed E-state index contributed by atoms with van der Waals surface area (Å²) in [5.41, 5.74) is 0. The maximum atomic E-state index is 12.1. The monoisotopic (exact) mass is 318 g/mol. The van der Waals surface area contributed by atoms with Gasteiger partial charge in [-0.05, 0) is 51.6 Å². The van der Waals surface area contributed by atoms with Gasteiger partial charge in [-0.3, -0.25) is 9.59 Å². The minimum atomic E-state index is -0.0776. The molecule has 1 amide bonds. The molecule has 21 heavy (non-hydrogen) atoms. The van der Waals surface area contributed by atoms with Crippen molar-refractivity contribution >= 4 is 24.3 Å². The summed E-state index contributed by atoms with van der Waals surface area (Å²) < 4.78 is 5.06. The van der Waals surface area contributed by atoms with Crippen molar-refractivity contribution in [3.05, 3.63) is 0 Å². The number of halogens is 1. The Hall–Kier alpha value is -0.810. The van der Waals surface area contributed by atoms with E-state index in [0.717, 1.165) is 38.8 Å². The number of nitrogens with one attached hydrogen (secondary N) is 2. The van der Waals surface area contributed by atoms with E-state index in [9.17, 15) is 9.59 Å². The summed E-state index contributed by atoms with van der Waals surface area (Å²) >= 11 is 0. The van der Waals surface area contributed by atoms with Crippen LogP contribution in [-0.2, 0) is 14.3 Å². The van der Waals surface area contributed by atoms with Crippen LogP contribution in [0.1, 0.15) is 39.5 Å². The third-order valence-electron chi connectivity index (χ3n) is 4.63. The predicted octanol–water partition coefficient (Wildman–Crippen LogP) is 1.50. The van der Waals surface area contributed by atoms with Crippen LogP contribution >= 0.6 is 12.4 Å². The molecular formula is C15H27ClN2O3. The molecule has 0 spiro atoms. The number of rotatable bonds is 5. The van der Waals surface area contributed by atoms with Gasteiger partial charge in [-0.15, -0.1) is 12.4 Å². The van der Waals surface area contributed by atoms with E-state index in [4.69, 9.17) is 4.74 Å². The standard InChI is InChI=1S/C15H26N2O3.ClH/c1-3-20-15(19)11-4-6-13(7-5-11)17-14(18)10(2)12-8-16-9-12;/h10-13,16H,3-9H2,1-2H3,(H,17,18);1H. The second-order valence-corrected chi connectivity index (χ2v) is 6.02. The summed E-state index contributed by atoms with van der Waals surface area (Å²) in [5.74, 6) is 0.670. The Morgan fingerprint density at radius 2 is 1.86 bits per heavy atom. The smallest absolute Gasteiger partial charge is 0.308 e. The Morgan fingerprint density at radius 1 is 1.24 bits per heavy atom. The molecule has 2 N–H and O–H groups in total. The lowest BCUT2D eigenvalue weighted by Crippen LogP contribution is -2.51. The van der Waals surface area contributed by atoms with E-state index in [1.807, 2.05) is 13.8 Å². The van der Waals surface area contributed by atoms with Gasteiger partial charge in [-0.25, -0.2) is 0 Å². The minimum Gasteiger partial charge on any atom is -0.466 e. The zero-order valence-corrected chi connectivity index (χ0v) is 13.7. The molecule has 2 rings (SSSR count). The number of ether oxygens (including phenoxy) is 1. The highest BCUT2D eigenvalue weighted by Gasteiger charge is 2.32. The van der Waals surface area contributed by atoms with Crippen molar-refractivity contribution in [1.29, 1.82) is 0 Å². The number of esters is 1. The van der Waals surface area contributed by atoms with Gasteiger partial charge in [0, 0.05) is 12.0 Å². The van der Waals surface area contributed by atoms with Crippen LogP contribution in [0.5, 0.6) is 0 Å². The highest BCUT2D eigenvalue weighted by Crippen LogP contribution is 2.26. The lowest BCUT2D eigenvalue weighted by Gasteiger charge is -2.34. The van der Waals surface area contributed by atoms with Crippen LogP contribution in [0.15, 0.2) is 0 Å². The van der Waals surface area contributed by atoms with E-state index in [0.29, 0.717) is 12.5 Å². The van der Waals surface area contributed by atoms with Crippen LogP contribution in [0.3, 0.4) is 0 Å². The molecule has 0 aromatic rings. The predicted molar refractivity (Wildman–Crippen MR) is 83.3 cm³/mol. The molecule has 6 heteroatoms. The Balaban J connectivity index is 0.00000220. The van der Waals surface area contributed by atoms with Crippen molar-refractivity contribution in [3.8, 4) is 0 Å². The maximum absolute atomic E-state index is 12.1. The zero-order chi connectivity index (χ0) is 14.5. The molecule has 2 aliphatic rings. The van der Waals surface area contributed by atoms with Gasteiger partial charge >= 0.3 is 5.97 Å². The first-order valence-electron chi connectivity index (χ1n) is 7.79. The first-order chi connectivity index (χ1) is 9.61. The van der Waals surface area contributed by atoms with Crippen LogP contribution in [0.4, 0.5) is 0 Å². The van der Waals surface area contributed by atoms with E-state index in [-0.39, 0.29) is 42.2 Å². The summed E-state index contributed by atoms with van der Waals surface area (Å²) in [5, 5.41) is 6.34. The van der Waals surface area contributed by atoms with Crippen LogP contribution < -0.4 is 10.6 Å². The molecule has 1 saturated heterocycles. The number of amides is 1. The molecule has 122 valence electrons. The van der Waals surface area contributed by atoms with Crippen molar-refractivity contribution in [1.82, 2.24) is 10.6 Å². The quantitative estimate of drug-likeness (QED) is 0.754. The van der Waals surface area contributed by atoms with E-state index in [1.165, 1.54) is 0 Å². The molecule has 5 nitrogen and oxygen atoms in total. The third-order valence-corrected chi connectivity index (χ3v) is 4.63. The van der Waals surface area contributed by atoms with Gasteiger partial charge in [0.25, 0.3) is 0 Å². The normalized spacial score (nSPS) is 27.0. The Morgan fingerprint density at radius 3 is 2.33 bits per heavy atom. The van der Waals surface area contributed by atoms with Gasteiger partial charge < -0.3 is 15.4 Å². The molecule has 2 fully saturated rings. The van der Waals surface area contributed by atoms with Crippen LogP contribution in [0.25, 0.3) is 0 Å². The van der Waals surface area contributed by atoms with Crippen LogP contribution in [0.2, 0.25) is 0 Å². The number of carbonyl (C=O) groups is 2. The van der Waals surface area contributed by atoms with Gasteiger partial charge in [0.15, 0.2) is 0 Å². The molecule has 1 unspecified atom stereocenters. The summed E-state index contributed by atoms with van der Waals surface area (Å²) in [7, 11) is 0. The molecular weight excluding hydrogens is 292 g/mol. The SMILES string of the molecule is CCOC(=O)C1CCC(NC(=O)C(C)C2CNC2)CC1.Cl.